The van der Waals surface area contributed by atoms with Crippen LogP contribution in [0.15, 0.2) is 17.3 Å². The predicted octanol–water partition coefficient (Wildman–Crippen LogP) is 1.47. The highest BCUT2D eigenvalue weighted by molar-refractivity contribution is 7.98. The van der Waals surface area contributed by atoms with Crippen molar-refractivity contribution in [3.05, 3.63) is 23.5 Å². The Morgan fingerprint density at radius 1 is 1.42 bits per heavy atom. The predicted molar refractivity (Wildman–Crippen MR) is 103 cm³/mol. The first kappa shape index (κ1) is 18.5. The molecule has 140 valence electrons. The highest BCUT2D eigenvalue weighted by Crippen LogP contribution is 2.24. The van der Waals surface area contributed by atoms with Gasteiger partial charge in [-0.05, 0) is 38.0 Å². The van der Waals surface area contributed by atoms with Crippen molar-refractivity contribution in [3.8, 4) is 0 Å². The number of nitrogens with two attached hydrogens (primary N) is 1. The smallest absolute Gasteiger partial charge is 0.271 e. The molecule has 1 amide bonds. The summed E-state index contributed by atoms with van der Waals surface area (Å²) in [5.41, 5.74) is 7.32. The average molecular weight is 376 g/mol. The Bertz CT molecular complexity index is 772. The van der Waals surface area contributed by atoms with Crippen LogP contribution < -0.4 is 16.0 Å². The number of nitrogen functional groups attached to an aromatic ring is 1. The van der Waals surface area contributed by atoms with Crippen LogP contribution in [0.5, 0.6) is 0 Å². The fraction of sp³-hybridized carbons (Fsp3) is 0.529. The third-order valence-corrected chi connectivity index (χ3v) is 5.18. The highest BCUT2D eigenvalue weighted by Gasteiger charge is 2.23. The van der Waals surface area contributed by atoms with E-state index in [0.717, 1.165) is 37.4 Å². The Kier molecular flexibility index (Phi) is 5.65. The molecule has 3 rings (SSSR count). The van der Waals surface area contributed by atoms with Gasteiger partial charge in [0.15, 0.2) is 5.16 Å². The fourth-order valence-corrected chi connectivity index (χ4v) is 3.50. The van der Waals surface area contributed by atoms with E-state index in [1.165, 1.54) is 11.8 Å². The zero-order valence-electron chi connectivity index (χ0n) is 15.4. The van der Waals surface area contributed by atoms with Gasteiger partial charge in [0.2, 0.25) is 0 Å². The van der Waals surface area contributed by atoms with Crippen LogP contribution in [0.2, 0.25) is 0 Å². The number of anilines is 2. The van der Waals surface area contributed by atoms with Crippen molar-refractivity contribution in [2.45, 2.75) is 24.9 Å². The Morgan fingerprint density at radius 2 is 2.23 bits per heavy atom. The van der Waals surface area contributed by atoms with Gasteiger partial charge in [-0.1, -0.05) is 11.8 Å². The quantitative estimate of drug-likeness (QED) is 0.603. The van der Waals surface area contributed by atoms with Gasteiger partial charge in [-0.25, -0.2) is 9.97 Å². The molecule has 1 fully saturated rings. The van der Waals surface area contributed by atoms with Crippen LogP contribution in [-0.2, 0) is 7.05 Å². The number of carbonyl (C=O) groups is 1. The molecule has 0 saturated carbocycles. The van der Waals surface area contributed by atoms with Gasteiger partial charge in [0, 0.05) is 38.4 Å². The Morgan fingerprint density at radius 3 is 2.92 bits per heavy atom. The molecule has 9 heteroatoms. The molecule has 0 radical (unpaired) electrons. The first-order valence-corrected chi connectivity index (χ1v) is 9.91. The maximum atomic E-state index is 12.3. The molecule has 0 bridgehead atoms. The molecular formula is C17H25N7OS. The fourth-order valence-electron chi connectivity index (χ4n) is 3.12. The standard InChI is InChI=1S/C17H25N7OS/c1-11-7-13(22-23(11)2)16(25)19-9-12-5-4-6-24(10-12)15-8-14(18)20-17(21-15)26-3/h7-8,12H,4-6,9-10H2,1-3H3,(H,19,25)(H2,18,20,21). The molecule has 1 aliphatic heterocycles. The van der Waals surface area contributed by atoms with Gasteiger partial charge >= 0.3 is 0 Å². The Labute approximate surface area is 157 Å². The van der Waals surface area contributed by atoms with Gasteiger partial charge in [0.1, 0.15) is 17.3 Å². The van der Waals surface area contributed by atoms with Crippen molar-refractivity contribution in [3.63, 3.8) is 0 Å². The first-order chi connectivity index (χ1) is 12.5. The molecule has 2 aromatic heterocycles. The second-order valence-corrected chi connectivity index (χ2v) is 7.37. The number of amides is 1. The van der Waals surface area contributed by atoms with E-state index in [2.05, 4.69) is 25.3 Å². The van der Waals surface area contributed by atoms with Gasteiger partial charge in [-0.2, -0.15) is 5.10 Å². The molecule has 8 nitrogen and oxygen atoms in total. The van der Waals surface area contributed by atoms with Crippen LogP contribution in [0.3, 0.4) is 0 Å². The molecule has 1 saturated heterocycles. The van der Waals surface area contributed by atoms with E-state index in [-0.39, 0.29) is 5.91 Å². The normalized spacial score (nSPS) is 17.3. The van der Waals surface area contributed by atoms with Gasteiger partial charge in [0.05, 0.1) is 0 Å². The number of nitrogens with one attached hydrogen (secondary N) is 1. The number of hydrogen-bond acceptors (Lipinski definition) is 7. The van der Waals surface area contributed by atoms with Crippen molar-refractivity contribution in [1.82, 2.24) is 25.1 Å². The maximum Gasteiger partial charge on any atom is 0.271 e. The number of rotatable bonds is 5. The van der Waals surface area contributed by atoms with Gasteiger partial charge in [-0.3, -0.25) is 9.48 Å². The monoisotopic (exact) mass is 375 g/mol. The number of carbonyl (C=O) groups excluding carboxylic acids is 1. The molecule has 2 aromatic rings. The van der Waals surface area contributed by atoms with E-state index in [4.69, 9.17) is 5.73 Å². The van der Waals surface area contributed by atoms with E-state index in [0.29, 0.717) is 29.1 Å². The van der Waals surface area contributed by atoms with E-state index in [9.17, 15) is 4.79 Å². The van der Waals surface area contributed by atoms with E-state index in [1.807, 2.05) is 26.3 Å². The topological polar surface area (TPSA) is 102 Å². The Balaban J connectivity index is 1.60. The summed E-state index contributed by atoms with van der Waals surface area (Å²) in [7, 11) is 1.83. The summed E-state index contributed by atoms with van der Waals surface area (Å²) in [5.74, 6) is 1.59. The second-order valence-electron chi connectivity index (χ2n) is 6.60. The summed E-state index contributed by atoms with van der Waals surface area (Å²) in [6.07, 6.45) is 4.07. The van der Waals surface area contributed by atoms with Crippen molar-refractivity contribution >= 4 is 29.3 Å². The minimum absolute atomic E-state index is 0.123. The minimum Gasteiger partial charge on any atom is -0.383 e. The number of aromatic nitrogens is 4. The van der Waals surface area contributed by atoms with Crippen LogP contribution >= 0.6 is 11.8 Å². The second kappa shape index (κ2) is 7.94. The van der Waals surface area contributed by atoms with Gasteiger partial charge < -0.3 is 16.0 Å². The summed E-state index contributed by atoms with van der Waals surface area (Å²) in [6.45, 7) is 4.33. The van der Waals surface area contributed by atoms with Crippen LogP contribution in [-0.4, -0.2) is 51.5 Å². The number of hydrogen-bond donors (Lipinski definition) is 2. The van der Waals surface area contributed by atoms with E-state index in [1.54, 1.807) is 10.7 Å². The van der Waals surface area contributed by atoms with Crippen LogP contribution in [0.1, 0.15) is 29.0 Å². The number of thioether (sulfide) groups is 1. The van der Waals surface area contributed by atoms with Gasteiger partial charge in [-0.15, -0.1) is 0 Å². The molecule has 0 aromatic carbocycles. The number of aryl methyl sites for hydroxylation is 2. The third-order valence-electron chi connectivity index (χ3n) is 4.64. The molecule has 26 heavy (non-hydrogen) atoms. The Hall–Kier alpha value is -2.29. The number of nitrogens with zero attached hydrogens (tertiary/aromatic N) is 5. The molecule has 3 N–H and O–H groups in total. The van der Waals surface area contributed by atoms with Gasteiger partial charge in [0.25, 0.3) is 5.91 Å². The summed E-state index contributed by atoms with van der Waals surface area (Å²) >= 11 is 1.48. The molecule has 3 heterocycles. The van der Waals surface area contributed by atoms with Crippen LogP contribution in [0, 0.1) is 12.8 Å². The molecule has 1 unspecified atom stereocenters. The molecule has 0 spiro atoms. The van der Waals surface area contributed by atoms with E-state index < -0.39 is 0 Å². The number of piperidine rings is 1. The van der Waals surface area contributed by atoms with Crippen LogP contribution in [0.25, 0.3) is 0 Å². The lowest BCUT2D eigenvalue weighted by Gasteiger charge is -2.33. The van der Waals surface area contributed by atoms with Crippen molar-refractivity contribution in [1.29, 1.82) is 0 Å². The average Bonchev–Trinajstić information content (AvgIpc) is 2.98. The first-order valence-electron chi connectivity index (χ1n) is 8.68. The van der Waals surface area contributed by atoms with Crippen LogP contribution in [0.4, 0.5) is 11.6 Å². The summed E-state index contributed by atoms with van der Waals surface area (Å²) in [6, 6.07) is 3.62. The van der Waals surface area contributed by atoms with E-state index >= 15 is 0 Å². The lowest BCUT2D eigenvalue weighted by atomic mass is 9.98. The zero-order chi connectivity index (χ0) is 18.7. The molecule has 1 aliphatic rings. The maximum absolute atomic E-state index is 12.3. The van der Waals surface area contributed by atoms with Crippen molar-refractivity contribution < 1.29 is 4.79 Å². The highest BCUT2D eigenvalue weighted by atomic mass is 32.2. The summed E-state index contributed by atoms with van der Waals surface area (Å²) in [5, 5.41) is 7.92. The zero-order valence-corrected chi connectivity index (χ0v) is 16.2. The largest absolute Gasteiger partial charge is 0.383 e. The summed E-state index contributed by atoms with van der Waals surface area (Å²) in [4.78, 5) is 23.3. The molecule has 0 aliphatic carbocycles. The lowest BCUT2D eigenvalue weighted by molar-refractivity contribution is 0.0940. The third kappa shape index (κ3) is 4.27. The molecular weight excluding hydrogens is 350 g/mol. The lowest BCUT2D eigenvalue weighted by Crippen LogP contribution is -2.41. The minimum atomic E-state index is -0.123. The SMILES string of the molecule is CSc1nc(N)cc(N2CCCC(CNC(=O)c3cc(C)n(C)n3)C2)n1. The molecule has 1 atom stereocenters. The van der Waals surface area contributed by atoms with Crippen molar-refractivity contribution in [2.75, 3.05) is 36.5 Å². The van der Waals surface area contributed by atoms with Crippen molar-refractivity contribution in [2.24, 2.45) is 13.0 Å². The summed E-state index contributed by atoms with van der Waals surface area (Å²) < 4.78 is 1.71.